The third-order valence-corrected chi connectivity index (χ3v) is 6.31. The third-order valence-electron chi connectivity index (χ3n) is 5.94. The van der Waals surface area contributed by atoms with E-state index < -0.39 is 6.10 Å². The minimum atomic E-state index is -0.451. The van der Waals surface area contributed by atoms with Crippen LogP contribution in [0, 0.1) is 13.8 Å². The Balaban J connectivity index is 1.48. The van der Waals surface area contributed by atoms with Crippen molar-refractivity contribution < 1.29 is 9.84 Å². The van der Waals surface area contributed by atoms with E-state index >= 15 is 0 Å². The lowest BCUT2D eigenvalue weighted by molar-refractivity contribution is 0.0989. The van der Waals surface area contributed by atoms with Gasteiger partial charge >= 0.3 is 0 Å². The van der Waals surface area contributed by atoms with Crippen LogP contribution in [0.4, 0.5) is 0 Å². The normalized spacial score (nSPS) is 12.3. The smallest absolute Gasteiger partial charge is 0.119 e. The van der Waals surface area contributed by atoms with Crippen LogP contribution in [-0.2, 0) is 19.5 Å². The van der Waals surface area contributed by atoms with Crippen LogP contribution in [0.1, 0.15) is 47.8 Å². The number of halogens is 1. The minimum Gasteiger partial charge on any atom is -0.493 e. The standard InChI is InChI=1S/C27H36ClN3O2/c1-5-8-22-11-13-25(14-12-22)33-16-15-24(32)18-30(4)19-26-20(2)29-31(21(26)3)17-23-9-6-7-10-27(23)28/h6-7,9-14,24,32H,5,8,15-19H2,1-4H3. The van der Waals surface area contributed by atoms with Crippen molar-refractivity contribution in [2.24, 2.45) is 0 Å². The lowest BCUT2D eigenvalue weighted by Gasteiger charge is -2.21. The highest BCUT2D eigenvalue weighted by molar-refractivity contribution is 6.31. The van der Waals surface area contributed by atoms with Crippen LogP contribution in [0.25, 0.3) is 0 Å². The molecule has 0 amide bonds. The lowest BCUT2D eigenvalue weighted by atomic mass is 10.1. The summed E-state index contributed by atoms with van der Waals surface area (Å²) < 4.78 is 7.82. The lowest BCUT2D eigenvalue weighted by Crippen LogP contribution is -2.30. The molecular formula is C27H36ClN3O2. The summed E-state index contributed by atoms with van der Waals surface area (Å²) in [7, 11) is 2.03. The van der Waals surface area contributed by atoms with Crippen molar-refractivity contribution in [2.75, 3.05) is 20.2 Å². The molecule has 0 bridgehead atoms. The molecule has 0 aliphatic rings. The van der Waals surface area contributed by atoms with Gasteiger partial charge in [-0.2, -0.15) is 5.10 Å². The number of aromatic nitrogens is 2. The quantitative estimate of drug-likeness (QED) is 0.385. The van der Waals surface area contributed by atoms with Gasteiger partial charge < -0.3 is 9.84 Å². The summed E-state index contributed by atoms with van der Waals surface area (Å²) in [5.41, 5.74) is 5.71. The Labute approximate surface area is 203 Å². The molecule has 1 aromatic heterocycles. The molecule has 3 aromatic rings. The molecular weight excluding hydrogens is 434 g/mol. The van der Waals surface area contributed by atoms with Gasteiger partial charge in [0.2, 0.25) is 0 Å². The number of nitrogens with zero attached hydrogens (tertiary/aromatic N) is 3. The Morgan fingerprint density at radius 2 is 1.85 bits per heavy atom. The summed E-state index contributed by atoms with van der Waals surface area (Å²) in [4.78, 5) is 2.14. The van der Waals surface area contributed by atoms with Crippen LogP contribution in [0.2, 0.25) is 5.02 Å². The van der Waals surface area contributed by atoms with Crippen molar-refractivity contribution in [3.05, 3.63) is 81.6 Å². The molecule has 0 saturated carbocycles. The molecule has 1 unspecified atom stereocenters. The Hall–Kier alpha value is -2.34. The van der Waals surface area contributed by atoms with Gasteiger partial charge in [-0.3, -0.25) is 9.58 Å². The number of rotatable bonds is 12. The van der Waals surface area contributed by atoms with Gasteiger partial charge in [-0.15, -0.1) is 0 Å². The van der Waals surface area contributed by atoms with Gasteiger partial charge in [0.25, 0.3) is 0 Å². The molecule has 0 aliphatic carbocycles. The van der Waals surface area contributed by atoms with Gasteiger partial charge in [0.1, 0.15) is 5.75 Å². The van der Waals surface area contributed by atoms with Gasteiger partial charge in [-0.1, -0.05) is 55.3 Å². The summed E-state index contributed by atoms with van der Waals surface area (Å²) in [6, 6.07) is 16.1. The molecule has 178 valence electrons. The predicted molar refractivity (Wildman–Crippen MR) is 135 cm³/mol. The number of hydrogen-bond donors (Lipinski definition) is 1. The average Bonchev–Trinajstić information content (AvgIpc) is 3.04. The summed E-state index contributed by atoms with van der Waals surface area (Å²) in [6.07, 6.45) is 2.36. The fraction of sp³-hybridized carbons (Fsp3) is 0.444. The third kappa shape index (κ3) is 7.32. The zero-order valence-corrected chi connectivity index (χ0v) is 21.0. The fourth-order valence-corrected chi connectivity index (χ4v) is 4.24. The Kier molecular flexibility index (Phi) is 9.36. The molecule has 0 fully saturated rings. The fourth-order valence-electron chi connectivity index (χ4n) is 4.04. The van der Waals surface area contributed by atoms with Crippen molar-refractivity contribution in [1.29, 1.82) is 0 Å². The minimum absolute atomic E-state index is 0.451. The monoisotopic (exact) mass is 469 g/mol. The van der Waals surface area contributed by atoms with Crippen molar-refractivity contribution >= 4 is 11.6 Å². The van der Waals surface area contributed by atoms with E-state index in [9.17, 15) is 5.11 Å². The average molecular weight is 470 g/mol. The summed E-state index contributed by atoms with van der Waals surface area (Å²) in [5.74, 6) is 0.854. The van der Waals surface area contributed by atoms with E-state index in [1.807, 2.05) is 55.1 Å². The first-order valence-electron chi connectivity index (χ1n) is 11.7. The van der Waals surface area contributed by atoms with E-state index in [1.165, 1.54) is 11.1 Å². The molecule has 5 nitrogen and oxygen atoms in total. The Morgan fingerprint density at radius 3 is 2.55 bits per heavy atom. The van der Waals surface area contributed by atoms with Crippen LogP contribution in [-0.4, -0.2) is 46.1 Å². The summed E-state index contributed by atoms with van der Waals surface area (Å²) in [5, 5.41) is 16.0. The maximum atomic E-state index is 10.5. The van der Waals surface area contributed by atoms with E-state index in [4.69, 9.17) is 21.4 Å². The van der Waals surface area contributed by atoms with Crippen molar-refractivity contribution in [2.45, 2.75) is 59.2 Å². The van der Waals surface area contributed by atoms with Crippen LogP contribution in [0.15, 0.2) is 48.5 Å². The highest BCUT2D eigenvalue weighted by Gasteiger charge is 2.16. The SMILES string of the molecule is CCCc1ccc(OCCC(O)CN(C)Cc2c(C)nn(Cc3ccccc3Cl)c2C)cc1. The van der Waals surface area contributed by atoms with Crippen LogP contribution in [0.5, 0.6) is 5.75 Å². The van der Waals surface area contributed by atoms with Crippen molar-refractivity contribution in [1.82, 2.24) is 14.7 Å². The molecule has 0 aliphatic heterocycles. The van der Waals surface area contributed by atoms with E-state index in [1.54, 1.807) is 0 Å². The first kappa shape index (κ1) is 25.3. The summed E-state index contributed by atoms with van der Waals surface area (Å²) >= 11 is 6.33. The van der Waals surface area contributed by atoms with Crippen molar-refractivity contribution in [3.8, 4) is 5.75 Å². The molecule has 0 saturated heterocycles. The molecule has 0 radical (unpaired) electrons. The number of aliphatic hydroxyl groups is 1. The first-order chi connectivity index (χ1) is 15.9. The number of ether oxygens (including phenoxy) is 1. The molecule has 1 atom stereocenters. The number of hydrogen-bond acceptors (Lipinski definition) is 4. The van der Waals surface area contributed by atoms with Crippen LogP contribution < -0.4 is 4.74 Å². The highest BCUT2D eigenvalue weighted by atomic mass is 35.5. The molecule has 6 heteroatoms. The second kappa shape index (κ2) is 12.2. The molecule has 0 spiro atoms. The zero-order chi connectivity index (χ0) is 23.8. The Bertz CT molecular complexity index is 1020. The molecule has 2 aromatic carbocycles. The number of aryl methyl sites for hydroxylation is 2. The van der Waals surface area contributed by atoms with E-state index in [-0.39, 0.29) is 0 Å². The van der Waals surface area contributed by atoms with Gasteiger partial charge in [-0.05, 0) is 56.6 Å². The number of aliphatic hydroxyl groups excluding tert-OH is 1. The molecule has 33 heavy (non-hydrogen) atoms. The Morgan fingerprint density at radius 1 is 1.12 bits per heavy atom. The van der Waals surface area contributed by atoms with E-state index in [2.05, 4.69) is 30.9 Å². The first-order valence-corrected chi connectivity index (χ1v) is 12.1. The second-order valence-electron chi connectivity index (χ2n) is 8.78. The van der Waals surface area contributed by atoms with Crippen molar-refractivity contribution in [3.63, 3.8) is 0 Å². The van der Waals surface area contributed by atoms with Gasteiger partial charge in [0.05, 0.1) is 24.9 Å². The topological polar surface area (TPSA) is 50.5 Å². The van der Waals surface area contributed by atoms with Crippen LogP contribution in [0.3, 0.4) is 0 Å². The van der Waals surface area contributed by atoms with Crippen LogP contribution >= 0.6 is 11.6 Å². The number of likely N-dealkylation sites (N-methyl/N-ethyl adjacent to an activating group) is 1. The molecule has 1 N–H and O–H groups in total. The predicted octanol–water partition coefficient (Wildman–Crippen LogP) is 5.42. The van der Waals surface area contributed by atoms with E-state index in [0.29, 0.717) is 26.1 Å². The van der Waals surface area contributed by atoms with Gasteiger partial charge in [0.15, 0.2) is 0 Å². The molecule has 3 rings (SSSR count). The maximum absolute atomic E-state index is 10.5. The molecule has 1 heterocycles. The zero-order valence-electron chi connectivity index (χ0n) is 20.2. The summed E-state index contributed by atoms with van der Waals surface area (Å²) in [6.45, 7) is 8.76. The second-order valence-corrected chi connectivity index (χ2v) is 9.19. The highest BCUT2D eigenvalue weighted by Crippen LogP contribution is 2.20. The van der Waals surface area contributed by atoms with E-state index in [0.717, 1.165) is 47.1 Å². The van der Waals surface area contributed by atoms with Gasteiger partial charge in [-0.25, -0.2) is 0 Å². The largest absolute Gasteiger partial charge is 0.493 e. The number of benzene rings is 2. The maximum Gasteiger partial charge on any atom is 0.119 e. The van der Waals surface area contributed by atoms with Gasteiger partial charge in [0, 0.05) is 35.8 Å².